The number of aromatic nitrogens is 4. The second-order valence-corrected chi connectivity index (χ2v) is 7.61. The highest BCUT2D eigenvalue weighted by Gasteiger charge is 2.19. The average molecular weight is 359 g/mol. The van der Waals surface area contributed by atoms with Crippen molar-refractivity contribution in [1.82, 2.24) is 25.5 Å². The molecule has 0 aliphatic carbocycles. The first-order chi connectivity index (χ1) is 11.6. The number of aryl methyl sites for hydroxylation is 1. The molecule has 6 nitrogen and oxygen atoms in total. The summed E-state index contributed by atoms with van der Waals surface area (Å²) in [5.41, 5.74) is 2.01. The lowest BCUT2D eigenvalue weighted by Crippen LogP contribution is -2.30. The normalized spacial score (nSPS) is 12.1. The summed E-state index contributed by atoms with van der Waals surface area (Å²) in [5.74, 6) is -0.0350. The monoisotopic (exact) mass is 359 g/mol. The van der Waals surface area contributed by atoms with E-state index in [2.05, 4.69) is 20.8 Å². The molecule has 2 aromatic heterocycles. The minimum absolute atomic E-state index is 0.0350. The van der Waals surface area contributed by atoms with E-state index in [-0.39, 0.29) is 11.2 Å². The molecule has 0 bridgehead atoms. The topological polar surface area (TPSA) is 72.7 Å². The molecule has 1 aromatic carbocycles. The Morgan fingerprint density at radius 2 is 2.25 bits per heavy atom. The number of nitrogens with zero attached hydrogens (tertiary/aromatic N) is 4. The van der Waals surface area contributed by atoms with Gasteiger partial charge < -0.3 is 5.32 Å². The fraction of sp³-hybridized carbons (Fsp3) is 0.250. The SMILES string of the molecule is Cc1cccc(-n2nnnc2S[C@@H](C)C(=O)NCc2cccs2)c1. The first-order valence-corrected chi connectivity index (χ1v) is 9.21. The molecule has 1 N–H and O–H groups in total. The Balaban J connectivity index is 1.65. The zero-order valence-corrected chi connectivity index (χ0v) is 15.0. The predicted molar refractivity (Wildman–Crippen MR) is 95.4 cm³/mol. The van der Waals surface area contributed by atoms with Crippen LogP contribution in [0.5, 0.6) is 0 Å². The van der Waals surface area contributed by atoms with Crippen molar-refractivity contribution in [3.05, 3.63) is 52.2 Å². The van der Waals surface area contributed by atoms with Crippen molar-refractivity contribution in [2.24, 2.45) is 0 Å². The maximum Gasteiger partial charge on any atom is 0.233 e. The van der Waals surface area contributed by atoms with Crippen LogP contribution in [-0.2, 0) is 11.3 Å². The van der Waals surface area contributed by atoms with Gasteiger partial charge in [0.05, 0.1) is 17.5 Å². The molecule has 0 aliphatic heterocycles. The molecule has 0 aliphatic rings. The minimum Gasteiger partial charge on any atom is -0.350 e. The van der Waals surface area contributed by atoms with Crippen molar-refractivity contribution in [1.29, 1.82) is 0 Å². The van der Waals surface area contributed by atoms with Gasteiger partial charge in [0.2, 0.25) is 11.1 Å². The Kier molecular flexibility index (Phi) is 5.27. The Hall–Kier alpha value is -2.19. The van der Waals surface area contributed by atoms with E-state index in [9.17, 15) is 4.79 Å². The molecule has 3 aromatic rings. The molecule has 0 saturated carbocycles. The largest absolute Gasteiger partial charge is 0.350 e. The van der Waals surface area contributed by atoms with Crippen LogP contribution < -0.4 is 5.32 Å². The van der Waals surface area contributed by atoms with Gasteiger partial charge in [-0.3, -0.25) is 4.79 Å². The zero-order valence-electron chi connectivity index (χ0n) is 13.3. The van der Waals surface area contributed by atoms with Crippen molar-refractivity contribution in [2.45, 2.75) is 30.8 Å². The van der Waals surface area contributed by atoms with Gasteiger partial charge in [0.1, 0.15) is 0 Å². The van der Waals surface area contributed by atoms with Crippen LogP contribution in [0.1, 0.15) is 17.4 Å². The Morgan fingerprint density at radius 1 is 1.38 bits per heavy atom. The summed E-state index contributed by atoms with van der Waals surface area (Å²) in [5, 5.41) is 17.1. The van der Waals surface area contributed by atoms with Gasteiger partial charge in [-0.05, 0) is 53.4 Å². The zero-order chi connectivity index (χ0) is 16.9. The molecule has 0 saturated heterocycles. The van der Waals surface area contributed by atoms with Crippen LogP contribution >= 0.6 is 23.1 Å². The molecule has 0 unspecified atom stereocenters. The standard InChI is InChI=1S/C16H17N5OS2/c1-11-5-3-6-13(9-11)21-16(18-19-20-21)24-12(2)15(22)17-10-14-7-4-8-23-14/h3-9,12H,10H2,1-2H3,(H,17,22)/t12-/m0/s1. The average Bonchev–Trinajstić information content (AvgIpc) is 3.24. The third kappa shape index (κ3) is 4.01. The fourth-order valence-corrected chi connectivity index (χ4v) is 3.59. The predicted octanol–water partition coefficient (Wildman–Crippen LogP) is 2.83. The van der Waals surface area contributed by atoms with E-state index >= 15 is 0 Å². The van der Waals surface area contributed by atoms with Crippen molar-refractivity contribution < 1.29 is 4.79 Å². The molecule has 1 atom stereocenters. The number of carbonyl (C=O) groups excluding carboxylic acids is 1. The van der Waals surface area contributed by atoms with Gasteiger partial charge in [0.15, 0.2) is 0 Å². The third-order valence-electron chi connectivity index (χ3n) is 3.36. The molecule has 2 heterocycles. The quantitative estimate of drug-likeness (QED) is 0.685. The van der Waals surface area contributed by atoms with E-state index in [0.717, 1.165) is 16.1 Å². The number of benzene rings is 1. The maximum atomic E-state index is 12.3. The van der Waals surface area contributed by atoms with Crippen molar-refractivity contribution in [3.63, 3.8) is 0 Å². The van der Waals surface area contributed by atoms with Gasteiger partial charge in [-0.1, -0.05) is 30.0 Å². The fourth-order valence-electron chi connectivity index (χ4n) is 2.12. The number of carbonyl (C=O) groups is 1. The second-order valence-electron chi connectivity index (χ2n) is 5.27. The molecular weight excluding hydrogens is 342 g/mol. The van der Waals surface area contributed by atoms with Crippen molar-refractivity contribution in [2.75, 3.05) is 0 Å². The van der Waals surface area contributed by atoms with Gasteiger partial charge in [-0.15, -0.1) is 16.4 Å². The summed E-state index contributed by atoms with van der Waals surface area (Å²) in [6, 6.07) is 11.9. The van der Waals surface area contributed by atoms with Crippen LogP contribution in [0.2, 0.25) is 0 Å². The molecular formula is C16H17N5OS2. The number of thiophene rings is 1. The molecule has 8 heteroatoms. The van der Waals surface area contributed by atoms with E-state index in [1.807, 2.05) is 55.6 Å². The Morgan fingerprint density at radius 3 is 3.00 bits per heavy atom. The van der Waals surface area contributed by atoms with Crippen molar-refractivity contribution >= 4 is 29.0 Å². The lowest BCUT2D eigenvalue weighted by atomic mass is 10.2. The van der Waals surface area contributed by atoms with E-state index in [0.29, 0.717) is 11.7 Å². The maximum absolute atomic E-state index is 12.3. The molecule has 124 valence electrons. The first-order valence-electron chi connectivity index (χ1n) is 7.45. The highest BCUT2D eigenvalue weighted by Crippen LogP contribution is 2.23. The summed E-state index contributed by atoms with van der Waals surface area (Å²) in [4.78, 5) is 13.4. The molecule has 1 amide bonds. The summed E-state index contributed by atoms with van der Waals surface area (Å²) < 4.78 is 1.65. The molecule has 0 fully saturated rings. The van der Waals surface area contributed by atoms with Crippen LogP contribution in [0, 0.1) is 6.92 Å². The summed E-state index contributed by atoms with van der Waals surface area (Å²) in [7, 11) is 0. The lowest BCUT2D eigenvalue weighted by molar-refractivity contribution is -0.120. The summed E-state index contributed by atoms with van der Waals surface area (Å²) in [6.07, 6.45) is 0. The van der Waals surface area contributed by atoms with Crippen molar-refractivity contribution in [3.8, 4) is 5.69 Å². The first kappa shape index (κ1) is 16.7. The van der Waals surface area contributed by atoms with Crippen LogP contribution in [0.4, 0.5) is 0 Å². The molecule has 24 heavy (non-hydrogen) atoms. The minimum atomic E-state index is -0.292. The van der Waals surface area contributed by atoms with Gasteiger partial charge in [0, 0.05) is 4.88 Å². The number of thioether (sulfide) groups is 1. The molecule has 3 rings (SSSR count). The van der Waals surface area contributed by atoms with Crippen LogP contribution in [-0.4, -0.2) is 31.4 Å². The number of nitrogens with one attached hydrogen (secondary N) is 1. The van der Waals surface area contributed by atoms with E-state index < -0.39 is 0 Å². The van der Waals surface area contributed by atoms with E-state index in [4.69, 9.17) is 0 Å². The molecule has 0 spiro atoms. The number of rotatable bonds is 6. The highest BCUT2D eigenvalue weighted by atomic mass is 32.2. The second kappa shape index (κ2) is 7.59. The Bertz CT molecular complexity index is 816. The van der Waals surface area contributed by atoms with Crippen LogP contribution in [0.3, 0.4) is 0 Å². The van der Waals surface area contributed by atoms with Gasteiger partial charge in [-0.2, -0.15) is 4.68 Å². The number of amides is 1. The van der Waals surface area contributed by atoms with E-state index in [1.165, 1.54) is 11.8 Å². The third-order valence-corrected chi connectivity index (χ3v) is 5.26. The van der Waals surface area contributed by atoms with Crippen LogP contribution in [0.15, 0.2) is 46.9 Å². The summed E-state index contributed by atoms with van der Waals surface area (Å²) >= 11 is 2.97. The number of hydrogen-bond donors (Lipinski definition) is 1. The Labute approximate surface area is 148 Å². The number of tetrazole rings is 1. The smallest absolute Gasteiger partial charge is 0.233 e. The number of hydrogen-bond acceptors (Lipinski definition) is 6. The van der Waals surface area contributed by atoms with E-state index in [1.54, 1.807) is 16.0 Å². The van der Waals surface area contributed by atoms with Gasteiger partial charge >= 0.3 is 0 Å². The van der Waals surface area contributed by atoms with Gasteiger partial charge in [0.25, 0.3) is 0 Å². The molecule has 0 radical (unpaired) electrons. The highest BCUT2D eigenvalue weighted by molar-refractivity contribution is 8.00. The lowest BCUT2D eigenvalue weighted by Gasteiger charge is -2.11. The van der Waals surface area contributed by atoms with Crippen LogP contribution in [0.25, 0.3) is 5.69 Å². The van der Waals surface area contributed by atoms with Gasteiger partial charge in [-0.25, -0.2) is 0 Å². The summed E-state index contributed by atoms with van der Waals surface area (Å²) in [6.45, 7) is 4.41.